The Morgan fingerprint density at radius 2 is 1.93 bits per heavy atom. The van der Waals surface area contributed by atoms with Crippen molar-refractivity contribution in [3.8, 4) is 11.4 Å². The first-order valence-electron chi connectivity index (χ1n) is 13.2. The maximum Gasteiger partial charge on any atom is 0.273 e. The zero-order valence-electron chi connectivity index (χ0n) is 23.2. The van der Waals surface area contributed by atoms with Crippen molar-refractivity contribution in [2.45, 2.75) is 32.4 Å². The van der Waals surface area contributed by atoms with Crippen LogP contribution in [0.3, 0.4) is 0 Å². The first-order chi connectivity index (χ1) is 20.2. The molecule has 0 radical (unpaired) electrons. The van der Waals surface area contributed by atoms with E-state index in [1.807, 2.05) is 41.5 Å². The molecular formula is C30H29FN6O4S. The number of non-ortho nitro benzene ring substituents is 1. The zero-order valence-corrected chi connectivity index (χ0v) is 24.0. The van der Waals surface area contributed by atoms with Gasteiger partial charge in [-0.25, -0.2) is 4.39 Å². The van der Waals surface area contributed by atoms with Crippen LogP contribution < -0.4 is 15.4 Å². The van der Waals surface area contributed by atoms with Gasteiger partial charge >= 0.3 is 0 Å². The van der Waals surface area contributed by atoms with Crippen molar-refractivity contribution in [3.63, 3.8) is 0 Å². The normalized spacial score (nSPS) is 16.3. The van der Waals surface area contributed by atoms with Crippen LogP contribution >= 0.6 is 12.2 Å². The lowest BCUT2D eigenvalue weighted by Crippen LogP contribution is -2.32. The van der Waals surface area contributed by atoms with E-state index in [0.717, 1.165) is 22.6 Å². The summed E-state index contributed by atoms with van der Waals surface area (Å²) in [5, 5.41) is 18.1. The van der Waals surface area contributed by atoms with Gasteiger partial charge in [-0.3, -0.25) is 19.9 Å². The number of thiocarbonyl (C=S) groups is 1. The largest absolute Gasteiger partial charge is 0.494 e. The summed E-state index contributed by atoms with van der Waals surface area (Å²) in [5.41, 5.74) is 4.63. The van der Waals surface area contributed by atoms with Crippen molar-refractivity contribution in [1.29, 1.82) is 0 Å². The number of carbonyl (C=O) groups is 1. The molecule has 216 valence electrons. The van der Waals surface area contributed by atoms with Crippen LogP contribution in [-0.2, 0) is 4.79 Å². The summed E-state index contributed by atoms with van der Waals surface area (Å²) in [6, 6.07) is 17.3. The fourth-order valence-corrected chi connectivity index (χ4v) is 5.72. The average Bonchev–Trinajstić information content (AvgIpc) is 3.47. The SMILES string of the molecule is COc1cc([N+](=O)[O-])ccc1-n1c(C)cc([C@@H]2[C@H](c3ccccn3)NC(=S)N2CCC(=O)Nc2ccc(F)cc2)c1C. The van der Waals surface area contributed by atoms with E-state index < -0.39 is 4.92 Å². The molecule has 4 aromatic rings. The Hall–Kier alpha value is -4.84. The number of anilines is 1. The van der Waals surface area contributed by atoms with E-state index in [1.54, 1.807) is 12.3 Å². The number of nitro groups is 1. The Labute approximate surface area is 247 Å². The summed E-state index contributed by atoms with van der Waals surface area (Å²) in [6.45, 7) is 4.24. The molecular weight excluding hydrogens is 559 g/mol. The summed E-state index contributed by atoms with van der Waals surface area (Å²) in [6.07, 6.45) is 1.86. The number of nitrogens with one attached hydrogen (secondary N) is 2. The smallest absolute Gasteiger partial charge is 0.273 e. The van der Waals surface area contributed by atoms with Crippen molar-refractivity contribution in [3.05, 3.63) is 112 Å². The first kappa shape index (κ1) is 28.7. The Bertz CT molecular complexity index is 1640. The van der Waals surface area contributed by atoms with Crippen LogP contribution in [0.2, 0.25) is 0 Å². The number of benzene rings is 2. The Morgan fingerprint density at radius 1 is 1.17 bits per heavy atom. The number of carbonyl (C=O) groups excluding carboxylic acids is 1. The molecule has 5 rings (SSSR count). The number of rotatable bonds is 9. The predicted molar refractivity (Wildman–Crippen MR) is 160 cm³/mol. The van der Waals surface area contributed by atoms with E-state index in [4.69, 9.17) is 17.0 Å². The highest BCUT2D eigenvalue weighted by Crippen LogP contribution is 2.42. The standard InChI is InChI=1S/C30H29FN6O4S/c1-18-16-23(19(2)36(18)25-12-11-22(37(39)40)17-26(25)41-3)29-28(24-6-4-5-14-32-24)34-30(42)35(29)15-13-27(38)33-21-9-7-20(31)8-10-21/h4-12,14,16-17,28-29H,13,15H2,1-3H3,(H,33,38)(H,34,42)/t28-,29+/m0/s1. The number of pyridine rings is 1. The highest BCUT2D eigenvalue weighted by molar-refractivity contribution is 7.80. The molecule has 2 N–H and O–H groups in total. The molecule has 1 aliphatic heterocycles. The minimum atomic E-state index is -0.459. The van der Waals surface area contributed by atoms with Gasteiger partial charge in [0.25, 0.3) is 5.69 Å². The molecule has 1 amide bonds. The molecule has 12 heteroatoms. The summed E-state index contributed by atoms with van der Waals surface area (Å²) >= 11 is 5.77. The number of hydrogen-bond acceptors (Lipinski definition) is 6. The molecule has 0 spiro atoms. The molecule has 3 heterocycles. The number of nitro benzene ring substituents is 1. The number of aromatic nitrogens is 2. The molecule has 0 unspecified atom stereocenters. The van der Waals surface area contributed by atoms with E-state index in [0.29, 0.717) is 28.8 Å². The maximum absolute atomic E-state index is 13.3. The second-order valence-electron chi connectivity index (χ2n) is 9.90. The van der Waals surface area contributed by atoms with Crippen LogP contribution in [0.25, 0.3) is 5.69 Å². The van der Waals surface area contributed by atoms with Gasteiger partial charge in [-0.05, 0) is 80.2 Å². The van der Waals surface area contributed by atoms with Crippen molar-refractivity contribution < 1.29 is 18.8 Å². The van der Waals surface area contributed by atoms with Crippen LogP contribution in [0, 0.1) is 29.8 Å². The molecule has 0 saturated carbocycles. The van der Waals surface area contributed by atoms with E-state index >= 15 is 0 Å². The van der Waals surface area contributed by atoms with Crippen molar-refractivity contribution in [1.82, 2.24) is 19.8 Å². The molecule has 10 nitrogen and oxygen atoms in total. The minimum absolute atomic E-state index is 0.0658. The Kier molecular flexibility index (Phi) is 8.16. The van der Waals surface area contributed by atoms with Gasteiger partial charge in [0.15, 0.2) is 5.11 Å². The highest BCUT2D eigenvalue weighted by atomic mass is 32.1. The van der Waals surface area contributed by atoms with Gasteiger partial charge in [-0.15, -0.1) is 0 Å². The number of methoxy groups -OCH3 is 1. The van der Waals surface area contributed by atoms with Crippen LogP contribution in [0.1, 0.15) is 41.1 Å². The molecule has 1 aliphatic rings. The minimum Gasteiger partial charge on any atom is -0.494 e. The second kappa shape index (κ2) is 12.0. The maximum atomic E-state index is 13.3. The lowest BCUT2D eigenvalue weighted by atomic mass is 9.96. The van der Waals surface area contributed by atoms with Gasteiger partial charge in [-0.1, -0.05) is 6.07 Å². The lowest BCUT2D eigenvalue weighted by molar-refractivity contribution is -0.384. The Balaban J connectivity index is 1.50. The third-order valence-electron chi connectivity index (χ3n) is 7.31. The van der Waals surface area contributed by atoms with E-state index in [2.05, 4.69) is 21.7 Å². The Morgan fingerprint density at radius 3 is 2.60 bits per heavy atom. The highest BCUT2D eigenvalue weighted by Gasteiger charge is 2.41. The van der Waals surface area contributed by atoms with Gasteiger partial charge in [0, 0.05) is 42.3 Å². The molecule has 42 heavy (non-hydrogen) atoms. The molecule has 0 bridgehead atoms. The first-order valence-corrected chi connectivity index (χ1v) is 13.6. The van der Waals surface area contributed by atoms with E-state index in [-0.39, 0.29) is 35.9 Å². The van der Waals surface area contributed by atoms with Crippen molar-refractivity contribution in [2.75, 3.05) is 19.0 Å². The molecule has 2 aromatic carbocycles. The average molecular weight is 589 g/mol. The lowest BCUT2D eigenvalue weighted by Gasteiger charge is -2.28. The third kappa shape index (κ3) is 5.66. The number of ether oxygens (including phenoxy) is 1. The number of halogens is 1. The van der Waals surface area contributed by atoms with Gasteiger partial charge in [0.1, 0.15) is 11.6 Å². The monoisotopic (exact) mass is 588 g/mol. The van der Waals surface area contributed by atoms with E-state index in [9.17, 15) is 19.3 Å². The zero-order chi connectivity index (χ0) is 30.0. The quantitative estimate of drug-likeness (QED) is 0.149. The molecule has 0 aliphatic carbocycles. The van der Waals surface area contributed by atoms with Gasteiger partial charge in [0.05, 0.1) is 41.6 Å². The summed E-state index contributed by atoms with van der Waals surface area (Å²) < 4.78 is 20.8. The summed E-state index contributed by atoms with van der Waals surface area (Å²) in [5.74, 6) is -0.243. The topological polar surface area (TPSA) is 115 Å². The number of nitrogens with zero attached hydrogens (tertiary/aromatic N) is 4. The third-order valence-corrected chi connectivity index (χ3v) is 7.66. The number of hydrogen-bond donors (Lipinski definition) is 2. The van der Waals surface area contributed by atoms with Gasteiger partial charge in [-0.2, -0.15) is 0 Å². The molecule has 1 saturated heterocycles. The molecule has 1 fully saturated rings. The fraction of sp³-hybridized carbons (Fsp3) is 0.233. The number of amides is 1. The van der Waals surface area contributed by atoms with Crippen molar-refractivity contribution >= 4 is 34.6 Å². The van der Waals surface area contributed by atoms with Crippen molar-refractivity contribution in [2.24, 2.45) is 0 Å². The van der Waals surface area contributed by atoms with Crippen LogP contribution in [0.4, 0.5) is 15.8 Å². The van der Waals surface area contributed by atoms with Crippen LogP contribution in [-0.4, -0.2) is 44.0 Å². The molecule has 2 aromatic heterocycles. The summed E-state index contributed by atoms with van der Waals surface area (Å²) in [7, 11) is 1.48. The second-order valence-corrected chi connectivity index (χ2v) is 10.3. The van der Waals surface area contributed by atoms with Gasteiger partial charge < -0.3 is 24.8 Å². The summed E-state index contributed by atoms with van der Waals surface area (Å²) in [4.78, 5) is 30.3. The predicted octanol–water partition coefficient (Wildman–Crippen LogP) is 5.55. The van der Waals surface area contributed by atoms with Gasteiger partial charge in [0.2, 0.25) is 5.91 Å². The van der Waals surface area contributed by atoms with Crippen LogP contribution in [0.5, 0.6) is 5.75 Å². The van der Waals surface area contributed by atoms with Crippen LogP contribution in [0.15, 0.2) is 72.9 Å². The fourth-order valence-electron chi connectivity index (χ4n) is 5.39. The number of aryl methyl sites for hydroxylation is 1. The van der Waals surface area contributed by atoms with E-state index in [1.165, 1.54) is 43.5 Å². The molecule has 2 atom stereocenters.